The summed E-state index contributed by atoms with van der Waals surface area (Å²) in [4.78, 5) is 3.03. The SMILES string of the molecule is CCc1cc(Br)ccc1-n1c(=S)[nH]c2cc(F)c(Cl)cc21. The summed E-state index contributed by atoms with van der Waals surface area (Å²) in [7, 11) is 0. The summed E-state index contributed by atoms with van der Waals surface area (Å²) in [5.41, 5.74) is 3.51. The van der Waals surface area contributed by atoms with Crippen LogP contribution in [0.3, 0.4) is 0 Å². The summed E-state index contributed by atoms with van der Waals surface area (Å²) in [6.07, 6.45) is 0.859. The van der Waals surface area contributed by atoms with Crippen LogP contribution < -0.4 is 0 Å². The Hall–Kier alpha value is -1.17. The van der Waals surface area contributed by atoms with Crippen LogP contribution in [0.5, 0.6) is 0 Å². The molecule has 0 fully saturated rings. The van der Waals surface area contributed by atoms with Gasteiger partial charge in [0, 0.05) is 10.5 Å². The number of benzene rings is 2. The number of hydrogen-bond donors (Lipinski definition) is 1. The highest BCUT2D eigenvalue weighted by Gasteiger charge is 2.13. The molecule has 0 radical (unpaired) electrons. The molecule has 0 atom stereocenters. The van der Waals surface area contributed by atoms with E-state index >= 15 is 0 Å². The summed E-state index contributed by atoms with van der Waals surface area (Å²) in [6.45, 7) is 2.08. The Morgan fingerprint density at radius 2 is 2.10 bits per heavy atom. The third kappa shape index (κ3) is 2.54. The van der Waals surface area contributed by atoms with Crippen molar-refractivity contribution in [1.82, 2.24) is 9.55 Å². The number of nitrogens with zero attached hydrogens (tertiary/aromatic N) is 1. The van der Waals surface area contributed by atoms with Crippen LogP contribution in [0.1, 0.15) is 12.5 Å². The number of aryl methyl sites for hydroxylation is 1. The highest BCUT2D eigenvalue weighted by atomic mass is 79.9. The van der Waals surface area contributed by atoms with E-state index in [-0.39, 0.29) is 5.02 Å². The summed E-state index contributed by atoms with van der Waals surface area (Å²) < 4.78 is 17.0. The van der Waals surface area contributed by atoms with Crippen molar-refractivity contribution < 1.29 is 4.39 Å². The van der Waals surface area contributed by atoms with Crippen molar-refractivity contribution in [2.45, 2.75) is 13.3 Å². The number of imidazole rings is 1. The molecule has 6 heteroatoms. The van der Waals surface area contributed by atoms with E-state index in [0.717, 1.165) is 27.7 Å². The molecule has 21 heavy (non-hydrogen) atoms. The zero-order chi connectivity index (χ0) is 15.1. The smallest absolute Gasteiger partial charge is 0.182 e. The molecule has 0 saturated heterocycles. The third-order valence-corrected chi connectivity index (χ3v) is 4.46. The predicted octanol–water partition coefficient (Wildman–Crippen LogP) is 5.81. The van der Waals surface area contributed by atoms with Gasteiger partial charge in [-0.05, 0) is 48.5 Å². The zero-order valence-electron chi connectivity index (χ0n) is 11.1. The minimum Gasteiger partial charge on any atom is -0.330 e. The second-order valence-electron chi connectivity index (χ2n) is 4.68. The molecular formula is C15H11BrClFN2S. The minimum absolute atomic E-state index is 0.0837. The second kappa shape index (κ2) is 5.55. The van der Waals surface area contributed by atoms with Crippen molar-refractivity contribution in [3.63, 3.8) is 0 Å². The number of halogens is 3. The molecule has 1 aromatic heterocycles. The maximum absolute atomic E-state index is 13.6. The lowest BCUT2D eigenvalue weighted by atomic mass is 10.1. The molecule has 0 unspecified atom stereocenters. The third-order valence-electron chi connectivity index (χ3n) is 3.39. The van der Waals surface area contributed by atoms with E-state index in [9.17, 15) is 4.39 Å². The van der Waals surface area contributed by atoms with Crippen LogP contribution in [0.2, 0.25) is 5.02 Å². The van der Waals surface area contributed by atoms with Gasteiger partial charge in [-0.2, -0.15) is 0 Å². The summed E-state index contributed by atoms with van der Waals surface area (Å²) in [6, 6.07) is 8.97. The molecule has 1 N–H and O–H groups in total. The van der Waals surface area contributed by atoms with Gasteiger partial charge in [0.05, 0.1) is 21.7 Å². The highest BCUT2D eigenvalue weighted by molar-refractivity contribution is 9.10. The first-order valence-corrected chi connectivity index (χ1v) is 7.97. The maximum atomic E-state index is 13.6. The van der Waals surface area contributed by atoms with Crippen molar-refractivity contribution in [3.8, 4) is 5.69 Å². The number of rotatable bonds is 2. The molecule has 3 rings (SSSR count). The molecule has 2 nitrogen and oxygen atoms in total. The normalized spacial score (nSPS) is 11.2. The van der Waals surface area contributed by atoms with Crippen molar-refractivity contribution in [1.29, 1.82) is 0 Å². The molecule has 0 aliphatic carbocycles. The zero-order valence-corrected chi connectivity index (χ0v) is 14.2. The summed E-state index contributed by atoms with van der Waals surface area (Å²) >= 11 is 14.8. The molecular weight excluding hydrogens is 375 g/mol. The van der Waals surface area contributed by atoms with Gasteiger partial charge in [-0.3, -0.25) is 4.57 Å². The Morgan fingerprint density at radius 3 is 2.81 bits per heavy atom. The van der Waals surface area contributed by atoms with Crippen molar-refractivity contribution in [2.24, 2.45) is 0 Å². The number of fused-ring (bicyclic) bond motifs is 1. The van der Waals surface area contributed by atoms with Gasteiger partial charge in [-0.25, -0.2) is 4.39 Å². The number of aromatic nitrogens is 2. The van der Waals surface area contributed by atoms with Crippen LogP contribution in [0, 0.1) is 10.6 Å². The van der Waals surface area contributed by atoms with Crippen molar-refractivity contribution in [2.75, 3.05) is 0 Å². The standard InChI is InChI=1S/C15H11BrClFN2S/c1-2-8-5-9(16)3-4-13(8)20-14-6-10(17)11(18)7-12(14)19-15(20)21/h3-7H,2H2,1H3,(H,19,21). The largest absolute Gasteiger partial charge is 0.330 e. The average Bonchev–Trinajstić information content (AvgIpc) is 2.75. The van der Waals surface area contributed by atoms with Crippen LogP contribution in [0.4, 0.5) is 4.39 Å². The average molecular weight is 386 g/mol. The minimum atomic E-state index is -0.459. The second-order valence-corrected chi connectivity index (χ2v) is 6.39. The van der Waals surface area contributed by atoms with Gasteiger partial charge in [0.25, 0.3) is 0 Å². The lowest BCUT2D eigenvalue weighted by Gasteiger charge is -2.11. The Morgan fingerprint density at radius 1 is 1.33 bits per heavy atom. The first kappa shape index (κ1) is 14.8. The Balaban J connectivity index is 2.38. The fourth-order valence-electron chi connectivity index (χ4n) is 2.40. The van der Waals surface area contributed by atoms with Crippen molar-refractivity contribution in [3.05, 3.63) is 56.0 Å². The van der Waals surface area contributed by atoms with E-state index in [2.05, 4.69) is 33.9 Å². The Labute approximate surface area is 139 Å². The van der Waals surface area contributed by atoms with Crippen molar-refractivity contribution >= 4 is 50.8 Å². The van der Waals surface area contributed by atoms with Gasteiger partial charge < -0.3 is 4.98 Å². The summed E-state index contributed by atoms with van der Waals surface area (Å²) in [5.74, 6) is -0.459. The van der Waals surface area contributed by atoms with Gasteiger partial charge in [-0.15, -0.1) is 0 Å². The van der Waals surface area contributed by atoms with E-state index in [1.807, 2.05) is 16.7 Å². The number of H-pyrrole nitrogens is 1. The summed E-state index contributed by atoms with van der Waals surface area (Å²) in [5, 5.41) is 0.0837. The molecule has 3 aromatic rings. The molecule has 0 spiro atoms. The molecule has 0 saturated carbocycles. The van der Waals surface area contributed by atoms with E-state index in [4.69, 9.17) is 23.8 Å². The highest BCUT2D eigenvalue weighted by Crippen LogP contribution is 2.28. The predicted molar refractivity (Wildman–Crippen MR) is 90.5 cm³/mol. The molecule has 2 aromatic carbocycles. The van der Waals surface area contributed by atoms with Crippen LogP contribution >= 0.6 is 39.7 Å². The molecule has 0 aliphatic heterocycles. The molecule has 0 amide bonds. The topological polar surface area (TPSA) is 20.7 Å². The monoisotopic (exact) mass is 384 g/mol. The van der Waals surface area contributed by atoms with Gasteiger partial charge in [0.15, 0.2) is 4.77 Å². The van der Waals surface area contributed by atoms with Gasteiger partial charge in [-0.1, -0.05) is 34.5 Å². The fourth-order valence-corrected chi connectivity index (χ4v) is 3.27. The lowest BCUT2D eigenvalue weighted by molar-refractivity contribution is 0.630. The van der Waals surface area contributed by atoms with Crippen LogP contribution in [-0.2, 0) is 6.42 Å². The molecule has 108 valence electrons. The van der Waals surface area contributed by atoms with E-state index in [0.29, 0.717) is 10.3 Å². The van der Waals surface area contributed by atoms with Crippen LogP contribution in [0.15, 0.2) is 34.8 Å². The van der Waals surface area contributed by atoms with Gasteiger partial charge in [0.1, 0.15) is 5.82 Å². The number of hydrogen-bond acceptors (Lipinski definition) is 1. The van der Waals surface area contributed by atoms with E-state index < -0.39 is 5.82 Å². The maximum Gasteiger partial charge on any atom is 0.182 e. The van der Waals surface area contributed by atoms with Gasteiger partial charge >= 0.3 is 0 Å². The van der Waals surface area contributed by atoms with Crippen LogP contribution in [0.25, 0.3) is 16.7 Å². The number of aromatic amines is 1. The number of nitrogens with one attached hydrogen (secondary N) is 1. The van der Waals surface area contributed by atoms with E-state index in [1.165, 1.54) is 6.07 Å². The Kier molecular flexibility index (Phi) is 3.90. The molecule has 1 heterocycles. The van der Waals surface area contributed by atoms with Gasteiger partial charge in [0.2, 0.25) is 0 Å². The fraction of sp³-hybridized carbons (Fsp3) is 0.133. The first-order chi connectivity index (χ1) is 10.0. The Bertz CT molecular complexity index is 901. The van der Waals surface area contributed by atoms with E-state index in [1.54, 1.807) is 6.07 Å². The molecule has 0 aliphatic rings. The first-order valence-electron chi connectivity index (χ1n) is 6.40. The molecule has 0 bridgehead atoms. The van der Waals surface area contributed by atoms with Crippen LogP contribution in [-0.4, -0.2) is 9.55 Å². The lowest BCUT2D eigenvalue weighted by Crippen LogP contribution is -1.99. The quantitative estimate of drug-likeness (QED) is 0.552.